The smallest absolute Gasteiger partial charge is 0.416 e. The highest BCUT2D eigenvalue weighted by molar-refractivity contribution is 5.98. The number of methoxy groups -OCH3 is 2. The molecule has 4 rings (SSSR count). The van der Waals surface area contributed by atoms with Crippen LogP contribution < -0.4 is 20.1 Å². The van der Waals surface area contributed by atoms with Gasteiger partial charge in [0.05, 0.1) is 31.6 Å². The van der Waals surface area contributed by atoms with Crippen molar-refractivity contribution < 1.29 is 54.6 Å². The number of carbonyl (C=O) groups excluding carboxylic acids is 3. The summed E-state index contributed by atoms with van der Waals surface area (Å²) in [5.74, 6) is -1.28. The highest BCUT2D eigenvalue weighted by atomic mass is 19.4. The van der Waals surface area contributed by atoms with Gasteiger partial charge < -0.3 is 29.4 Å². The zero-order chi connectivity index (χ0) is 33.6. The van der Waals surface area contributed by atoms with E-state index in [4.69, 9.17) is 13.9 Å². The molecular weight excluding hydrogens is 624 g/mol. The zero-order valence-electron chi connectivity index (χ0n) is 24.8. The van der Waals surface area contributed by atoms with Gasteiger partial charge in [-0.3, -0.25) is 14.4 Å². The van der Waals surface area contributed by atoms with E-state index in [0.29, 0.717) is 36.5 Å². The van der Waals surface area contributed by atoms with E-state index in [1.165, 1.54) is 31.4 Å². The molecule has 3 amide bonds. The number of furan rings is 1. The van der Waals surface area contributed by atoms with E-state index >= 15 is 0 Å². The molecule has 0 saturated carbocycles. The molecule has 1 aliphatic rings. The lowest BCUT2D eigenvalue weighted by Gasteiger charge is -2.32. The highest BCUT2D eigenvalue weighted by Gasteiger charge is 2.38. The SMILES string of the molecule is COc1cc2c(cc1OC)CN(C(=O)C(CCCCNC(=O)c1ccco1)NC(=O)c1cc(C(F)(F)F)cc(C(F)(F)F)c1)CC2. The zero-order valence-corrected chi connectivity index (χ0v) is 24.8. The van der Waals surface area contributed by atoms with Crippen molar-refractivity contribution in [2.24, 2.45) is 0 Å². The molecule has 0 fully saturated rings. The average molecular weight is 656 g/mol. The molecule has 2 N–H and O–H groups in total. The van der Waals surface area contributed by atoms with Crippen molar-refractivity contribution in [3.8, 4) is 11.5 Å². The predicted octanol–water partition coefficient (Wildman–Crippen LogP) is 5.62. The van der Waals surface area contributed by atoms with Gasteiger partial charge in [0.15, 0.2) is 17.3 Å². The molecule has 9 nitrogen and oxygen atoms in total. The van der Waals surface area contributed by atoms with Crippen LogP contribution in [0.4, 0.5) is 26.3 Å². The van der Waals surface area contributed by atoms with E-state index in [1.807, 2.05) is 0 Å². The second-order valence-electron chi connectivity index (χ2n) is 10.5. The Morgan fingerprint density at radius 2 is 1.52 bits per heavy atom. The number of nitrogens with zero attached hydrogens (tertiary/aromatic N) is 1. The summed E-state index contributed by atoms with van der Waals surface area (Å²) in [6.45, 7) is 0.520. The second kappa shape index (κ2) is 14.2. The minimum absolute atomic E-state index is 0.0123. The summed E-state index contributed by atoms with van der Waals surface area (Å²) < 4.78 is 96.3. The van der Waals surface area contributed by atoms with Gasteiger partial charge in [-0.1, -0.05) is 0 Å². The van der Waals surface area contributed by atoms with Crippen molar-refractivity contribution in [3.63, 3.8) is 0 Å². The van der Waals surface area contributed by atoms with Crippen LogP contribution >= 0.6 is 0 Å². The van der Waals surface area contributed by atoms with Crippen molar-refractivity contribution in [2.75, 3.05) is 27.3 Å². The number of unbranched alkanes of at least 4 members (excludes halogenated alkanes) is 1. The molecular formula is C31H31F6N3O6. The van der Waals surface area contributed by atoms with E-state index in [0.717, 1.165) is 11.1 Å². The molecule has 15 heteroatoms. The fraction of sp³-hybridized carbons (Fsp3) is 0.387. The number of carbonyl (C=O) groups is 3. The summed E-state index contributed by atoms with van der Waals surface area (Å²) in [5.41, 5.74) is -2.56. The van der Waals surface area contributed by atoms with Crippen LogP contribution in [0, 0.1) is 0 Å². The Labute approximate surface area is 259 Å². The molecule has 46 heavy (non-hydrogen) atoms. The number of alkyl halides is 6. The maximum Gasteiger partial charge on any atom is 0.416 e. The third-order valence-corrected chi connectivity index (χ3v) is 7.43. The Morgan fingerprint density at radius 1 is 0.891 bits per heavy atom. The maximum absolute atomic E-state index is 13.7. The van der Waals surface area contributed by atoms with Crippen molar-refractivity contribution in [2.45, 2.75) is 50.6 Å². The van der Waals surface area contributed by atoms with Gasteiger partial charge in [0.25, 0.3) is 11.8 Å². The largest absolute Gasteiger partial charge is 0.493 e. The van der Waals surface area contributed by atoms with E-state index in [2.05, 4.69) is 10.6 Å². The molecule has 2 aromatic carbocycles. The molecule has 0 saturated heterocycles. The van der Waals surface area contributed by atoms with Gasteiger partial charge in [-0.15, -0.1) is 0 Å². The minimum atomic E-state index is -5.16. The van der Waals surface area contributed by atoms with Gasteiger partial charge in [0, 0.05) is 25.2 Å². The van der Waals surface area contributed by atoms with Crippen LogP contribution in [-0.4, -0.2) is 56.0 Å². The summed E-state index contributed by atoms with van der Waals surface area (Å²) in [6, 6.07) is 5.77. The topological polar surface area (TPSA) is 110 Å². The fourth-order valence-electron chi connectivity index (χ4n) is 5.05. The molecule has 3 aromatic rings. The second-order valence-corrected chi connectivity index (χ2v) is 10.5. The molecule has 248 valence electrons. The number of nitrogens with one attached hydrogen (secondary N) is 2. The van der Waals surface area contributed by atoms with E-state index < -0.39 is 52.8 Å². The standard InChI is InChI=1S/C31H31F6N3O6/c1-44-25-14-18-8-10-40(17-20(18)15-26(25)45-2)29(43)23(6-3-4-9-38-28(42)24-7-5-11-46-24)39-27(41)19-12-21(30(32,33)34)16-22(13-19)31(35,36)37/h5,7,11-16,23H,3-4,6,8-10,17H2,1-2H3,(H,38,42)(H,39,41). The third kappa shape index (κ3) is 8.31. The summed E-state index contributed by atoms with van der Waals surface area (Å²) in [4.78, 5) is 40.4. The van der Waals surface area contributed by atoms with Gasteiger partial charge in [-0.05, 0) is 79.3 Å². The fourth-order valence-corrected chi connectivity index (χ4v) is 5.05. The molecule has 0 spiro atoms. The van der Waals surface area contributed by atoms with Crippen LogP contribution in [0.25, 0.3) is 0 Å². The minimum Gasteiger partial charge on any atom is -0.493 e. The van der Waals surface area contributed by atoms with Crippen LogP contribution in [0.2, 0.25) is 0 Å². The Bertz CT molecular complexity index is 1520. The molecule has 0 bridgehead atoms. The highest BCUT2D eigenvalue weighted by Crippen LogP contribution is 2.37. The first-order valence-corrected chi connectivity index (χ1v) is 14.2. The van der Waals surface area contributed by atoms with Crippen LogP contribution in [-0.2, 0) is 30.1 Å². The molecule has 1 aromatic heterocycles. The van der Waals surface area contributed by atoms with E-state index in [1.54, 1.807) is 18.2 Å². The normalized spacial score (nSPS) is 13.9. The van der Waals surface area contributed by atoms with Crippen LogP contribution in [0.5, 0.6) is 11.5 Å². The number of rotatable bonds is 11. The quantitative estimate of drug-likeness (QED) is 0.205. The average Bonchev–Trinajstić information content (AvgIpc) is 3.57. The molecule has 1 atom stereocenters. The predicted molar refractivity (Wildman–Crippen MR) is 151 cm³/mol. The van der Waals surface area contributed by atoms with Gasteiger partial charge in [-0.2, -0.15) is 26.3 Å². The molecule has 1 aliphatic heterocycles. The number of fused-ring (bicyclic) bond motifs is 1. The third-order valence-electron chi connectivity index (χ3n) is 7.43. The maximum atomic E-state index is 13.7. The summed E-state index contributed by atoms with van der Waals surface area (Å²) in [7, 11) is 2.94. The van der Waals surface area contributed by atoms with E-state index in [-0.39, 0.29) is 44.3 Å². The summed E-state index contributed by atoms with van der Waals surface area (Å²) >= 11 is 0. The number of hydrogen-bond donors (Lipinski definition) is 2. The number of ether oxygens (including phenoxy) is 2. The van der Waals surface area contributed by atoms with Crippen LogP contribution in [0.1, 0.15) is 62.4 Å². The molecule has 0 radical (unpaired) electrons. The monoisotopic (exact) mass is 655 g/mol. The van der Waals surface area contributed by atoms with Gasteiger partial charge >= 0.3 is 12.4 Å². The molecule has 0 aliphatic carbocycles. The first kappa shape index (κ1) is 34.2. The van der Waals surface area contributed by atoms with Gasteiger partial charge in [0.1, 0.15) is 6.04 Å². The Morgan fingerprint density at radius 3 is 2.09 bits per heavy atom. The van der Waals surface area contributed by atoms with Crippen LogP contribution in [0.15, 0.2) is 53.1 Å². The number of amides is 3. The molecule has 2 heterocycles. The Balaban J connectivity index is 1.53. The van der Waals surface area contributed by atoms with E-state index in [9.17, 15) is 40.7 Å². The molecule has 1 unspecified atom stereocenters. The van der Waals surface area contributed by atoms with Crippen molar-refractivity contribution in [1.82, 2.24) is 15.5 Å². The first-order valence-electron chi connectivity index (χ1n) is 14.2. The summed E-state index contributed by atoms with van der Waals surface area (Å²) in [5, 5.41) is 5.00. The van der Waals surface area contributed by atoms with Crippen LogP contribution in [0.3, 0.4) is 0 Å². The van der Waals surface area contributed by atoms with Gasteiger partial charge in [0.2, 0.25) is 5.91 Å². The van der Waals surface area contributed by atoms with Gasteiger partial charge in [-0.25, -0.2) is 0 Å². The van der Waals surface area contributed by atoms with Crippen molar-refractivity contribution >= 4 is 17.7 Å². The Kier molecular flexibility index (Phi) is 10.5. The first-order chi connectivity index (χ1) is 21.7. The number of hydrogen-bond acceptors (Lipinski definition) is 6. The number of halogens is 6. The van der Waals surface area contributed by atoms with Crippen molar-refractivity contribution in [3.05, 3.63) is 82.3 Å². The Hall–Kier alpha value is -4.69. The lowest BCUT2D eigenvalue weighted by Crippen LogP contribution is -2.50. The lowest BCUT2D eigenvalue weighted by molar-refractivity contribution is -0.143. The summed E-state index contributed by atoms with van der Waals surface area (Å²) in [6.07, 6.45) is -7.96. The lowest BCUT2D eigenvalue weighted by atomic mass is 9.97. The van der Waals surface area contributed by atoms with Crippen molar-refractivity contribution in [1.29, 1.82) is 0 Å². The number of benzene rings is 2.